The van der Waals surface area contributed by atoms with E-state index in [4.69, 9.17) is 14.5 Å². The second kappa shape index (κ2) is 9.58. The Morgan fingerprint density at radius 1 is 0.606 bits per heavy atom. The number of fused-ring (bicyclic) bond motifs is 1. The molecule has 0 aliphatic heterocycles. The van der Waals surface area contributed by atoms with Gasteiger partial charge < -0.3 is 9.47 Å². The number of hydrogen-bond acceptors (Lipinski definition) is 3. The molecule has 0 amide bonds. The third-order valence-electron chi connectivity index (χ3n) is 5.60. The SMILES string of the molecule is Cc1ccc(-c2c(OCc3ccccc3)nc3ccccc3c2OCc2ccccc2)cc1. The first-order chi connectivity index (χ1) is 16.3. The van der Waals surface area contributed by atoms with Gasteiger partial charge in [-0.1, -0.05) is 103 Å². The number of rotatable bonds is 7. The molecule has 0 aliphatic carbocycles. The zero-order valence-corrected chi connectivity index (χ0v) is 18.6. The number of para-hydroxylation sites is 1. The molecule has 0 unspecified atom stereocenters. The van der Waals surface area contributed by atoms with Crippen LogP contribution >= 0.6 is 0 Å². The molecule has 4 aromatic carbocycles. The lowest BCUT2D eigenvalue weighted by Gasteiger charge is -2.18. The number of hydrogen-bond donors (Lipinski definition) is 0. The zero-order chi connectivity index (χ0) is 22.5. The van der Waals surface area contributed by atoms with Crippen molar-refractivity contribution in [1.29, 1.82) is 0 Å². The highest BCUT2D eigenvalue weighted by Gasteiger charge is 2.20. The lowest BCUT2D eigenvalue weighted by atomic mass is 10.0. The average Bonchev–Trinajstić information content (AvgIpc) is 2.87. The van der Waals surface area contributed by atoms with E-state index >= 15 is 0 Å². The summed E-state index contributed by atoms with van der Waals surface area (Å²) in [6.07, 6.45) is 0. The fourth-order valence-corrected chi connectivity index (χ4v) is 3.85. The average molecular weight is 432 g/mol. The van der Waals surface area contributed by atoms with Crippen LogP contribution < -0.4 is 9.47 Å². The molecule has 162 valence electrons. The third-order valence-corrected chi connectivity index (χ3v) is 5.60. The van der Waals surface area contributed by atoms with Crippen molar-refractivity contribution in [3.8, 4) is 22.8 Å². The molecule has 3 heteroatoms. The minimum absolute atomic E-state index is 0.434. The van der Waals surface area contributed by atoms with Gasteiger partial charge >= 0.3 is 0 Å². The Labute approximate surface area is 194 Å². The Morgan fingerprint density at radius 2 is 1.18 bits per heavy atom. The quantitative estimate of drug-likeness (QED) is 0.270. The summed E-state index contributed by atoms with van der Waals surface area (Å²) in [5.74, 6) is 1.36. The highest BCUT2D eigenvalue weighted by atomic mass is 16.5. The molecule has 3 nitrogen and oxygen atoms in total. The Morgan fingerprint density at radius 3 is 1.85 bits per heavy atom. The molecule has 1 aromatic heterocycles. The molecule has 5 aromatic rings. The molecule has 0 aliphatic rings. The molecule has 0 N–H and O–H groups in total. The van der Waals surface area contributed by atoms with Crippen LogP contribution in [0.4, 0.5) is 0 Å². The van der Waals surface area contributed by atoms with E-state index in [2.05, 4.69) is 61.5 Å². The van der Waals surface area contributed by atoms with E-state index in [9.17, 15) is 0 Å². The van der Waals surface area contributed by atoms with Gasteiger partial charge in [0.2, 0.25) is 5.88 Å². The van der Waals surface area contributed by atoms with E-state index in [1.165, 1.54) is 5.56 Å². The van der Waals surface area contributed by atoms with E-state index in [-0.39, 0.29) is 0 Å². The van der Waals surface area contributed by atoms with Crippen LogP contribution in [0.15, 0.2) is 109 Å². The van der Waals surface area contributed by atoms with Crippen molar-refractivity contribution in [3.63, 3.8) is 0 Å². The summed E-state index contributed by atoms with van der Waals surface area (Å²) in [6.45, 7) is 2.98. The van der Waals surface area contributed by atoms with Crippen molar-refractivity contribution in [2.45, 2.75) is 20.1 Å². The van der Waals surface area contributed by atoms with Crippen LogP contribution in [0.2, 0.25) is 0 Å². The first-order valence-electron chi connectivity index (χ1n) is 11.1. The van der Waals surface area contributed by atoms with E-state index in [0.29, 0.717) is 19.1 Å². The minimum atomic E-state index is 0.434. The van der Waals surface area contributed by atoms with Gasteiger partial charge in [0.15, 0.2) is 0 Å². The minimum Gasteiger partial charge on any atom is -0.487 e. The van der Waals surface area contributed by atoms with Crippen LogP contribution in [-0.2, 0) is 13.2 Å². The van der Waals surface area contributed by atoms with Crippen molar-refractivity contribution < 1.29 is 9.47 Å². The molecule has 33 heavy (non-hydrogen) atoms. The predicted molar refractivity (Wildman–Crippen MR) is 133 cm³/mol. The van der Waals surface area contributed by atoms with Crippen LogP contribution in [-0.4, -0.2) is 4.98 Å². The first kappa shape index (κ1) is 20.8. The van der Waals surface area contributed by atoms with Gasteiger partial charge in [-0.15, -0.1) is 0 Å². The second-order valence-corrected chi connectivity index (χ2v) is 8.05. The summed E-state index contributed by atoms with van der Waals surface area (Å²) in [6, 6.07) is 36.8. The van der Waals surface area contributed by atoms with Crippen molar-refractivity contribution in [1.82, 2.24) is 4.98 Å². The maximum Gasteiger partial charge on any atom is 0.226 e. The van der Waals surface area contributed by atoms with Crippen LogP contribution in [0.25, 0.3) is 22.0 Å². The number of benzene rings is 4. The van der Waals surface area contributed by atoms with Gasteiger partial charge in [-0.05, 0) is 35.7 Å². The molecule has 1 heterocycles. The number of nitrogens with zero attached hydrogens (tertiary/aromatic N) is 1. The Kier molecular flexibility index (Phi) is 6.03. The fourth-order valence-electron chi connectivity index (χ4n) is 3.85. The number of aryl methyl sites for hydroxylation is 1. The van der Waals surface area contributed by atoms with Gasteiger partial charge in [0.1, 0.15) is 19.0 Å². The maximum atomic E-state index is 6.49. The Hall–Kier alpha value is -4.11. The van der Waals surface area contributed by atoms with Crippen LogP contribution in [0.5, 0.6) is 11.6 Å². The molecular weight excluding hydrogens is 406 g/mol. The zero-order valence-electron chi connectivity index (χ0n) is 18.6. The summed E-state index contributed by atoms with van der Waals surface area (Å²) in [7, 11) is 0. The van der Waals surface area contributed by atoms with Gasteiger partial charge in [0.05, 0.1) is 11.1 Å². The monoisotopic (exact) mass is 431 g/mol. The standard InChI is InChI=1S/C30H25NO2/c1-22-16-18-25(19-17-22)28-29(32-20-23-10-4-2-5-11-23)26-14-8-9-15-27(26)31-30(28)33-21-24-12-6-3-7-13-24/h2-19H,20-21H2,1H3. The summed E-state index contributed by atoms with van der Waals surface area (Å²) in [5.41, 5.74) is 6.14. The normalized spacial score (nSPS) is 10.8. The summed E-state index contributed by atoms with van der Waals surface area (Å²) >= 11 is 0. The topological polar surface area (TPSA) is 31.4 Å². The van der Waals surface area contributed by atoms with Crippen molar-refractivity contribution in [2.24, 2.45) is 0 Å². The number of aromatic nitrogens is 1. The molecule has 0 fully saturated rings. The fraction of sp³-hybridized carbons (Fsp3) is 0.100. The lowest BCUT2D eigenvalue weighted by molar-refractivity contribution is 0.287. The summed E-state index contributed by atoms with van der Waals surface area (Å²) in [5, 5.41) is 0.969. The first-order valence-corrected chi connectivity index (χ1v) is 11.1. The third kappa shape index (κ3) is 4.73. The molecule has 0 atom stereocenters. The van der Waals surface area contributed by atoms with E-state index in [1.807, 2.05) is 54.6 Å². The van der Waals surface area contributed by atoms with Crippen molar-refractivity contribution in [2.75, 3.05) is 0 Å². The second-order valence-electron chi connectivity index (χ2n) is 8.05. The van der Waals surface area contributed by atoms with E-state index in [1.54, 1.807) is 0 Å². The van der Waals surface area contributed by atoms with Gasteiger partial charge in [0, 0.05) is 5.39 Å². The molecule has 5 rings (SSSR count). The van der Waals surface area contributed by atoms with E-state index < -0.39 is 0 Å². The molecule has 0 radical (unpaired) electrons. The Bertz CT molecular complexity index is 1350. The van der Waals surface area contributed by atoms with Gasteiger partial charge in [-0.3, -0.25) is 0 Å². The van der Waals surface area contributed by atoms with Crippen molar-refractivity contribution >= 4 is 10.9 Å². The smallest absolute Gasteiger partial charge is 0.226 e. The van der Waals surface area contributed by atoms with Gasteiger partial charge in [-0.25, -0.2) is 4.98 Å². The molecule has 0 saturated heterocycles. The van der Waals surface area contributed by atoms with E-state index in [0.717, 1.165) is 38.9 Å². The van der Waals surface area contributed by atoms with Crippen LogP contribution in [0.1, 0.15) is 16.7 Å². The molecule has 0 spiro atoms. The number of pyridine rings is 1. The summed E-state index contributed by atoms with van der Waals surface area (Å²) < 4.78 is 12.8. The Balaban J connectivity index is 1.63. The van der Waals surface area contributed by atoms with Crippen molar-refractivity contribution in [3.05, 3.63) is 126 Å². The highest BCUT2D eigenvalue weighted by molar-refractivity contribution is 5.94. The molecule has 0 bridgehead atoms. The van der Waals surface area contributed by atoms with Gasteiger partial charge in [0.25, 0.3) is 0 Å². The predicted octanol–water partition coefficient (Wildman–Crippen LogP) is 7.37. The molecular formula is C30H25NO2. The van der Waals surface area contributed by atoms with Crippen LogP contribution in [0.3, 0.4) is 0 Å². The maximum absolute atomic E-state index is 6.49. The van der Waals surface area contributed by atoms with Crippen LogP contribution in [0, 0.1) is 6.92 Å². The molecule has 0 saturated carbocycles. The largest absolute Gasteiger partial charge is 0.487 e. The number of ether oxygens (including phenoxy) is 2. The highest BCUT2D eigenvalue weighted by Crippen LogP contribution is 2.43. The summed E-state index contributed by atoms with van der Waals surface area (Å²) in [4.78, 5) is 4.90. The lowest BCUT2D eigenvalue weighted by Crippen LogP contribution is -2.04. The van der Waals surface area contributed by atoms with Gasteiger partial charge in [-0.2, -0.15) is 0 Å².